The van der Waals surface area contributed by atoms with E-state index in [1.165, 1.54) is 12.8 Å². The van der Waals surface area contributed by atoms with Crippen LogP contribution in [0, 0.1) is 5.92 Å². The molecule has 20 heavy (non-hydrogen) atoms. The predicted molar refractivity (Wildman–Crippen MR) is 73.8 cm³/mol. The smallest absolute Gasteiger partial charge is 0.230 e. The molecule has 1 aliphatic heterocycles. The Labute approximate surface area is 116 Å². The van der Waals surface area contributed by atoms with Crippen molar-refractivity contribution in [2.45, 2.75) is 19.3 Å². The average Bonchev–Trinajstić information content (AvgIpc) is 3.21. The van der Waals surface area contributed by atoms with Gasteiger partial charge in [-0.15, -0.1) is 0 Å². The van der Waals surface area contributed by atoms with Crippen molar-refractivity contribution in [3.8, 4) is 22.6 Å². The highest BCUT2D eigenvalue weighted by molar-refractivity contribution is 5.77. The lowest BCUT2D eigenvalue weighted by Gasteiger charge is -2.18. The van der Waals surface area contributed by atoms with Gasteiger partial charge in [-0.3, -0.25) is 0 Å². The van der Waals surface area contributed by atoms with Crippen LogP contribution >= 0.6 is 0 Å². The third kappa shape index (κ3) is 1.99. The summed E-state index contributed by atoms with van der Waals surface area (Å²) < 4.78 is 16.3. The number of nitrogen functional groups attached to an aromatic ring is 1. The fourth-order valence-corrected chi connectivity index (χ4v) is 2.58. The number of anilines is 1. The zero-order valence-corrected chi connectivity index (χ0v) is 11.1. The molecule has 0 atom stereocenters. The molecule has 5 heteroatoms. The summed E-state index contributed by atoms with van der Waals surface area (Å²) in [7, 11) is 0. The Kier molecular flexibility index (Phi) is 2.58. The van der Waals surface area contributed by atoms with Crippen LogP contribution in [0.4, 0.5) is 5.88 Å². The van der Waals surface area contributed by atoms with Crippen molar-refractivity contribution >= 4 is 5.88 Å². The lowest BCUT2D eigenvalue weighted by Crippen LogP contribution is -2.15. The van der Waals surface area contributed by atoms with Crippen LogP contribution in [0.2, 0.25) is 0 Å². The Morgan fingerprint density at radius 3 is 2.75 bits per heavy atom. The molecule has 0 amide bonds. The molecule has 5 nitrogen and oxygen atoms in total. The molecule has 1 saturated carbocycles. The maximum absolute atomic E-state index is 5.94. The standard InChI is InChI=1S/C15H16N2O3/c16-15-14(11(17-20-15)7-9-1-2-9)10-3-4-12-13(8-10)19-6-5-18-12/h3-4,8-9H,1-2,5-7,16H2. The van der Waals surface area contributed by atoms with Gasteiger partial charge in [0, 0.05) is 0 Å². The normalized spacial score (nSPS) is 17.2. The lowest BCUT2D eigenvalue weighted by atomic mass is 10.0. The second-order valence-electron chi connectivity index (χ2n) is 5.37. The number of nitrogens with two attached hydrogens (primary N) is 1. The summed E-state index contributed by atoms with van der Waals surface area (Å²) in [5, 5.41) is 4.11. The van der Waals surface area contributed by atoms with Crippen LogP contribution in [0.15, 0.2) is 22.7 Å². The van der Waals surface area contributed by atoms with Crippen molar-refractivity contribution in [1.82, 2.24) is 5.16 Å². The van der Waals surface area contributed by atoms with Gasteiger partial charge < -0.3 is 19.7 Å². The van der Waals surface area contributed by atoms with E-state index >= 15 is 0 Å². The largest absolute Gasteiger partial charge is 0.486 e. The first kappa shape index (κ1) is 11.6. The van der Waals surface area contributed by atoms with Crippen LogP contribution in [0.1, 0.15) is 18.5 Å². The Bertz CT molecular complexity index is 647. The SMILES string of the molecule is Nc1onc(CC2CC2)c1-c1ccc2c(c1)OCCO2. The van der Waals surface area contributed by atoms with Crippen molar-refractivity contribution < 1.29 is 14.0 Å². The van der Waals surface area contributed by atoms with E-state index in [-0.39, 0.29) is 0 Å². The summed E-state index contributed by atoms with van der Waals surface area (Å²) in [5.74, 6) is 2.64. The summed E-state index contributed by atoms with van der Waals surface area (Å²) in [5.41, 5.74) is 8.76. The Morgan fingerprint density at radius 2 is 1.95 bits per heavy atom. The minimum Gasteiger partial charge on any atom is -0.486 e. The van der Waals surface area contributed by atoms with Crippen LogP contribution in [0.25, 0.3) is 11.1 Å². The van der Waals surface area contributed by atoms with Crippen LogP contribution in [-0.4, -0.2) is 18.4 Å². The Morgan fingerprint density at radius 1 is 1.15 bits per heavy atom. The topological polar surface area (TPSA) is 70.5 Å². The van der Waals surface area contributed by atoms with Crippen molar-refractivity contribution in [2.24, 2.45) is 5.92 Å². The van der Waals surface area contributed by atoms with E-state index in [2.05, 4.69) is 5.16 Å². The van der Waals surface area contributed by atoms with Crippen LogP contribution < -0.4 is 15.2 Å². The van der Waals surface area contributed by atoms with E-state index in [1.807, 2.05) is 18.2 Å². The molecule has 0 saturated heterocycles. The highest BCUT2D eigenvalue weighted by Crippen LogP contribution is 2.40. The minimum absolute atomic E-state index is 0.373. The molecule has 0 unspecified atom stereocenters. The molecule has 4 rings (SSSR count). The van der Waals surface area contributed by atoms with E-state index < -0.39 is 0 Å². The molecular weight excluding hydrogens is 256 g/mol. The predicted octanol–water partition coefficient (Wildman–Crippen LogP) is 2.65. The molecule has 2 N–H and O–H groups in total. The Balaban J connectivity index is 1.74. The first-order valence-electron chi connectivity index (χ1n) is 6.95. The first-order chi connectivity index (χ1) is 9.81. The van der Waals surface area contributed by atoms with Gasteiger partial charge >= 0.3 is 0 Å². The van der Waals surface area contributed by atoms with Crippen molar-refractivity contribution in [2.75, 3.05) is 18.9 Å². The maximum atomic E-state index is 5.94. The number of hydrogen-bond acceptors (Lipinski definition) is 5. The van der Waals surface area contributed by atoms with Gasteiger partial charge in [0.15, 0.2) is 11.5 Å². The van der Waals surface area contributed by atoms with Gasteiger partial charge in [-0.25, -0.2) is 0 Å². The average molecular weight is 272 g/mol. The zero-order chi connectivity index (χ0) is 13.5. The molecule has 104 valence electrons. The van der Waals surface area contributed by atoms with Gasteiger partial charge in [0.1, 0.15) is 13.2 Å². The van der Waals surface area contributed by atoms with E-state index in [0.29, 0.717) is 19.1 Å². The third-order valence-corrected chi connectivity index (χ3v) is 3.80. The molecule has 2 heterocycles. The van der Waals surface area contributed by atoms with Crippen molar-refractivity contribution in [3.63, 3.8) is 0 Å². The Hall–Kier alpha value is -2.17. The quantitative estimate of drug-likeness (QED) is 0.930. The van der Waals surface area contributed by atoms with Gasteiger partial charge in [-0.2, -0.15) is 0 Å². The first-order valence-corrected chi connectivity index (χ1v) is 6.95. The van der Waals surface area contributed by atoms with Gasteiger partial charge in [-0.05, 0) is 42.9 Å². The number of rotatable bonds is 3. The summed E-state index contributed by atoms with van der Waals surface area (Å²) in [4.78, 5) is 0. The van der Waals surface area contributed by atoms with E-state index in [1.54, 1.807) is 0 Å². The molecule has 2 aliphatic rings. The maximum Gasteiger partial charge on any atom is 0.230 e. The van der Waals surface area contributed by atoms with Gasteiger partial charge in [0.25, 0.3) is 0 Å². The third-order valence-electron chi connectivity index (χ3n) is 3.80. The monoisotopic (exact) mass is 272 g/mol. The highest BCUT2D eigenvalue weighted by Gasteiger charge is 2.27. The summed E-state index contributed by atoms with van der Waals surface area (Å²) in [6, 6.07) is 5.85. The molecule has 1 aliphatic carbocycles. The fourth-order valence-electron chi connectivity index (χ4n) is 2.58. The van der Waals surface area contributed by atoms with E-state index in [4.69, 9.17) is 19.7 Å². The molecule has 0 radical (unpaired) electrons. The van der Waals surface area contributed by atoms with E-state index in [9.17, 15) is 0 Å². The zero-order valence-electron chi connectivity index (χ0n) is 11.1. The molecular formula is C15H16N2O3. The molecule has 2 aromatic rings. The molecule has 1 aromatic heterocycles. The molecule has 1 aromatic carbocycles. The van der Waals surface area contributed by atoms with E-state index in [0.717, 1.165) is 40.7 Å². The number of benzene rings is 1. The highest BCUT2D eigenvalue weighted by atomic mass is 16.6. The number of ether oxygens (including phenoxy) is 2. The fraction of sp³-hybridized carbons (Fsp3) is 0.400. The second-order valence-corrected chi connectivity index (χ2v) is 5.37. The van der Waals surface area contributed by atoms with Crippen LogP contribution in [-0.2, 0) is 6.42 Å². The van der Waals surface area contributed by atoms with Gasteiger partial charge in [0.2, 0.25) is 5.88 Å². The van der Waals surface area contributed by atoms with Crippen LogP contribution in [0.5, 0.6) is 11.5 Å². The van der Waals surface area contributed by atoms with Crippen LogP contribution in [0.3, 0.4) is 0 Å². The lowest BCUT2D eigenvalue weighted by molar-refractivity contribution is 0.171. The van der Waals surface area contributed by atoms with Crippen molar-refractivity contribution in [1.29, 1.82) is 0 Å². The summed E-state index contributed by atoms with van der Waals surface area (Å²) in [6.45, 7) is 1.17. The number of fused-ring (bicyclic) bond motifs is 1. The second kappa shape index (κ2) is 4.44. The molecule has 0 bridgehead atoms. The summed E-state index contributed by atoms with van der Waals surface area (Å²) >= 11 is 0. The minimum atomic E-state index is 0.373. The van der Waals surface area contributed by atoms with Crippen molar-refractivity contribution in [3.05, 3.63) is 23.9 Å². The van der Waals surface area contributed by atoms with Gasteiger partial charge in [0.05, 0.1) is 11.3 Å². The number of hydrogen-bond donors (Lipinski definition) is 1. The molecule has 1 fully saturated rings. The number of nitrogens with zero attached hydrogens (tertiary/aromatic N) is 1. The van der Waals surface area contributed by atoms with Gasteiger partial charge in [-0.1, -0.05) is 11.2 Å². The summed E-state index contributed by atoms with van der Waals surface area (Å²) in [6.07, 6.45) is 3.48. The number of aromatic nitrogens is 1. The molecule has 0 spiro atoms.